The zero-order valence-corrected chi connectivity index (χ0v) is 20.5. The molecule has 0 saturated heterocycles. The number of hydrogen-bond acceptors (Lipinski definition) is 3. The molecule has 1 heterocycles. The largest absolute Gasteiger partial charge is 0.492 e. The van der Waals surface area contributed by atoms with Gasteiger partial charge in [-0.1, -0.05) is 35.7 Å². The number of ether oxygens (including phenoxy) is 1. The van der Waals surface area contributed by atoms with Crippen LogP contribution < -0.4 is 4.74 Å². The lowest BCUT2D eigenvalue weighted by atomic mass is 10.1. The molecule has 3 nitrogen and oxygen atoms in total. The fourth-order valence-electron chi connectivity index (χ4n) is 4.07. The van der Waals surface area contributed by atoms with E-state index >= 15 is 0 Å². The Hall–Kier alpha value is -2.80. The second kappa shape index (κ2) is 10.6. The van der Waals surface area contributed by atoms with Gasteiger partial charge in [0.2, 0.25) is 0 Å². The average Bonchev–Trinajstić information content (AvgIpc) is 3.80. The van der Waals surface area contributed by atoms with E-state index in [1.54, 1.807) is 0 Å². The first-order valence-corrected chi connectivity index (χ1v) is 12.7. The number of pyridine rings is 1. The van der Waals surface area contributed by atoms with Crippen LogP contribution in [-0.2, 0) is 0 Å². The highest BCUT2D eigenvalue weighted by Gasteiger charge is 2.31. The van der Waals surface area contributed by atoms with Gasteiger partial charge in [-0.3, -0.25) is 4.90 Å². The lowest BCUT2D eigenvalue weighted by Gasteiger charge is -2.29. The Morgan fingerprint density at radius 3 is 2.12 bits per heavy atom. The summed E-state index contributed by atoms with van der Waals surface area (Å²) in [5.41, 5.74) is 3.83. The number of benzene rings is 2. The number of nitrogens with zero attached hydrogens (tertiary/aromatic N) is 2. The Morgan fingerprint density at radius 1 is 0.882 bits per heavy atom. The molecule has 0 N–H and O–H groups in total. The molecule has 1 atom stereocenters. The summed E-state index contributed by atoms with van der Waals surface area (Å²) in [6.07, 6.45) is 7.46. The summed E-state index contributed by atoms with van der Waals surface area (Å²) in [6, 6.07) is 20.2. The van der Waals surface area contributed by atoms with Crippen LogP contribution in [0.5, 0.6) is 5.75 Å². The van der Waals surface area contributed by atoms with Crippen LogP contribution in [0.25, 0.3) is 11.1 Å². The summed E-state index contributed by atoms with van der Waals surface area (Å²) >= 11 is 5.97. The molecule has 2 aromatic carbocycles. The van der Waals surface area contributed by atoms with E-state index in [2.05, 4.69) is 28.6 Å². The molecule has 34 heavy (non-hydrogen) atoms. The minimum Gasteiger partial charge on any atom is -0.492 e. The molecular weight excluding hydrogens is 440 g/mol. The maximum Gasteiger partial charge on any atom is 0.119 e. The van der Waals surface area contributed by atoms with Gasteiger partial charge in [0, 0.05) is 41.5 Å². The van der Waals surface area contributed by atoms with E-state index < -0.39 is 0 Å². The van der Waals surface area contributed by atoms with E-state index in [-0.39, 0.29) is 0 Å². The molecular formula is C30H31ClN2O. The molecule has 0 amide bonds. The molecule has 5 rings (SSSR count). The van der Waals surface area contributed by atoms with Crippen molar-refractivity contribution in [3.63, 3.8) is 0 Å². The highest BCUT2D eigenvalue weighted by Crippen LogP contribution is 2.34. The number of rotatable bonds is 9. The molecule has 0 unspecified atom stereocenters. The summed E-state index contributed by atoms with van der Waals surface area (Å²) in [6.45, 7) is 5.51. The molecule has 2 fully saturated rings. The van der Waals surface area contributed by atoms with Gasteiger partial charge >= 0.3 is 0 Å². The Morgan fingerprint density at radius 2 is 1.53 bits per heavy atom. The van der Waals surface area contributed by atoms with Gasteiger partial charge in [-0.25, -0.2) is 4.98 Å². The quantitative estimate of drug-likeness (QED) is 0.326. The first kappa shape index (κ1) is 23.0. The van der Waals surface area contributed by atoms with Gasteiger partial charge in [0.15, 0.2) is 0 Å². The van der Waals surface area contributed by atoms with Crippen molar-refractivity contribution in [3.05, 3.63) is 83.1 Å². The zero-order valence-electron chi connectivity index (χ0n) is 19.7. The van der Waals surface area contributed by atoms with Crippen molar-refractivity contribution < 1.29 is 4.74 Å². The predicted molar refractivity (Wildman–Crippen MR) is 139 cm³/mol. The maximum absolute atomic E-state index is 6.12. The van der Waals surface area contributed by atoms with Crippen molar-refractivity contribution in [1.82, 2.24) is 9.88 Å². The summed E-state index contributed by atoms with van der Waals surface area (Å²) in [4.78, 5) is 7.14. The van der Waals surface area contributed by atoms with Gasteiger partial charge in [-0.15, -0.1) is 0 Å². The van der Waals surface area contributed by atoms with Crippen LogP contribution in [0.4, 0.5) is 0 Å². The minimum absolute atomic E-state index is 0.447. The Balaban J connectivity index is 1.14. The van der Waals surface area contributed by atoms with Crippen LogP contribution in [0.3, 0.4) is 0 Å². The predicted octanol–water partition coefficient (Wildman–Crippen LogP) is 6.69. The normalized spacial score (nSPS) is 16.1. The third-order valence-corrected chi connectivity index (χ3v) is 6.88. The van der Waals surface area contributed by atoms with Crippen LogP contribution in [0, 0.1) is 23.7 Å². The van der Waals surface area contributed by atoms with Crippen molar-refractivity contribution in [2.75, 3.05) is 19.7 Å². The monoisotopic (exact) mass is 470 g/mol. The molecule has 2 aliphatic rings. The van der Waals surface area contributed by atoms with Crippen molar-refractivity contribution in [2.45, 2.75) is 38.6 Å². The van der Waals surface area contributed by atoms with Gasteiger partial charge < -0.3 is 4.74 Å². The lowest BCUT2D eigenvalue weighted by molar-refractivity contribution is 0.135. The van der Waals surface area contributed by atoms with E-state index in [4.69, 9.17) is 16.3 Å². The SMILES string of the molecule is C[C@H](COc1ccc(C#Cc2ccc(-c3ccc(Cl)cc3)cn2)cc1)N(CC1CC1)CC1CC1. The molecule has 4 heteroatoms. The smallest absolute Gasteiger partial charge is 0.119 e. The van der Waals surface area contributed by atoms with Gasteiger partial charge in [0.05, 0.1) is 0 Å². The van der Waals surface area contributed by atoms with Gasteiger partial charge in [-0.05, 0) is 98.4 Å². The highest BCUT2D eigenvalue weighted by atomic mass is 35.5. The van der Waals surface area contributed by atoms with Crippen molar-refractivity contribution >= 4 is 11.6 Å². The van der Waals surface area contributed by atoms with Crippen molar-refractivity contribution in [1.29, 1.82) is 0 Å². The Labute approximate surface area is 208 Å². The van der Waals surface area contributed by atoms with E-state index in [9.17, 15) is 0 Å². The fourth-order valence-corrected chi connectivity index (χ4v) is 4.20. The first-order valence-electron chi connectivity index (χ1n) is 12.3. The molecule has 2 aliphatic carbocycles. The molecule has 174 valence electrons. The third kappa shape index (κ3) is 6.63. The topological polar surface area (TPSA) is 25.4 Å². The van der Waals surface area contributed by atoms with Gasteiger partial charge in [-0.2, -0.15) is 0 Å². The molecule has 0 aliphatic heterocycles. The zero-order chi connectivity index (χ0) is 23.3. The number of aromatic nitrogens is 1. The lowest BCUT2D eigenvalue weighted by Crippen LogP contribution is -2.40. The molecule has 1 aromatic heterocycles. The molecule has 0 radical (unpaired) electrons. The van der Waals surface area contributed by atoms with Crippen LogP contribution in [0.1, 0.15) is 43.9 Å². The maximum atomic E-state index is 6.12. The minimum atomic E-state index is 0.447. The standard InChI is InChI=1S/C30H31ClN2O/c1-22(33(19-24-2-3-24)20-25-4-5-25)21-34-30-16-7-23(8-17-30)6-14-29-15-11-27(18-32-29)26-9-12-28(31)13-10-26/h7-13,15-18,22,24-25H,2-5,19-21H2,1H3/t22-/m1/s1. The van der Waals surface area contributed by atoms with Gasteiger partial charge in [0.25, 0.3) is 0 Å². The van der Waals surface area contributed by atoms with E-state index in [0.29, 0.717) is 6.04 Å². The van der Waals surface area contributed by atoms with Crippen molar-refractivity contribution in [3.8, 4) is 28.7 Å². The van der Waals surface area contributed by atoms with Crippen molar-refractivity contribution in [2.24, 2.45) is 11.8 Å². The second-order valence-corrected chi connectivity index (χ2v) is 10.2. The van der Waals surface area contributed by atoms with E-state index in [0.717, 1.165) is 51.6 Å². The first-order chi connectivity index (χ1) is 16.6. The van der Waals surface area contributed by atoms with Crippen LogP contribution >= 0.6 is 11.6 Å². The molecule has 0 spiro atoms. The third-order valence-electron chi connectivity index (χ3n) is 6.62. The number of hydrogen-bond donors (Lipinski definition) is 0. The summed E-state index contributed by atoms with van der Waals surface area (Å²) in [7, 11) is 0. The average molecular weight is 471 g/mol. The fraction of sp³-hybridized carbons (Fsp3) is 0.367. The molecule has 3 aromatic rings. The van der Waals surface area contributed by atoms with Gasteiger partial charge in [0.1, 0.15) is 18.1 Å². The Bertz CT molecular complexity index is 1120. The summed E-state index contributed by atoms with van der Waals surface area (Å²) in [5, 5.41) is 0.731. The van der Waals surface area contributed by atoms with E-state index in [1.165, 1.54) is 38.8 Å². The number of halogens is 1. The molecule has 0 bridgehead atoms. The van der Waals surface area contributed by atoms with Crippen LogP contribution in [0.15, 0.2) is 66.9 Å². The van der Waals surface area contributed by atoms with Crippen LogP contribution in [-0.4, -0.2) is 35.6 Å². The molecule has 2 saturated carbocycles. The summed E-state index contributed by atoms with van der Waals surface area (Å²) in [5.74, 6) is 9.09. The Kier molecular flexibility index (Phi) is 7.19. The summed E-state index contributed by atoms with van der Waals surface area (Å²) < 4.78 is 6.12. The van der Waals surface area contributed by atoms with E-state index in [1.807, 2.05) is 66.9 Å². The second-order valence-electron chi connectivity index (χ2n) is 9.71. The highest BCUT2D eigenvalue weighted by molar-refractivity contribution is 6.30. The van der Waals surface area contributed by atoms with Crippen LogP contribution in [0.2, 0.25) is 5.02 Å².